The summed E-state index contributed by atoms with van der Waals surface area (Å²) in [5.41, 5.74) is 0.467. The summed E-state index contributed by atoms with van der Waals surface area (Å²) in [4.78, 5) is 0. The highest BCUT2D eigenvalue weighted by atomic mass is 19.2. The van der Waals surface area contributed by atoms with E-state index in [0.717, 1.165) is 44.6 Å². The molecule has 1 saturated heterocycles. The van der Waals surface area contributed by atoms with Crippen molar-refractivity contribution < 1.29 is 17.9 Å². The van der Waals surface area contributed by atoms with E-state index >= 15 is 0 Å². The van der Waals surface area contributed by atoms with Gasteiger partial charge in [0.05, 0.1) is 0 Å². The van der Waals surface area contributed by atoms with Crippen molar-refractivity contribution in [3.05, 3.63) is 35.1 Å². The molecule has 2 nitrogen and oxygen atoms in total. The zero-order valence-electron chi connectivity index (χ0n) is 11.6. The monoisotopic (exact) mass is 287 g/mol. The Balaban J connectivity index is 2.14. The van der Waals surface area contributed by atoms with Crippen LogP contribution in [0, 0.1) is 23.4 Å². The Morgan fingerprint density at radius 2 is 1.80 bits per heavy atom. The van der Waals surface area contributed by atoms with Gasteiger partial charge in [-0.3, -0.25) is 0 Å². The number of halogens is 3. The van der Waals surface area contributed by atoms with Crippen molar-refractivity contribution in [3.8, 4) is 0 Å². The van der Waals surface area contributed by atoms with Gasteiger partial charge in [0.1, 0.15) is 0 Å². The normalized spacial score (nSPS) is 18.2. The van der Waals surface area contributed by atoms with E-state index in [1.807, 2.05) is 6.92 Å². The average Bonchev–Trinajstić information content (AvgIpc) is 2.45. The third-order valence-corrected chi connectivity index (χ3v) is 3.77. The van der Waals surface area contributed by atoms with E-state index in [9.17, 15) is 13.2 Å². The lowest BCUT2D eigenvalue weighted by atomic mass is 9.89. The van der Waals surface area contributed by atoms with Crippen LogP contribution in [0.15, 0.2) is 12.1 Å². The summed E-state index contributed by atoms with van der Waals surface area (Å²) in [6.07, 6.45) is 2.68. The van der Waals surface area contributed by atoms with Crippen LogP contribution in [0.1, 0.15) is 37.8 Å². The average molecular weight is 287 g/mol. The molecule has 0 bridgehead atoms. The number of hydrogen-bond donors (Lipinski definition) is 1. The number of rotatable bonds is 5. The summed E-state index contributed by atoms with van der Waals surface area (Å²) in [6.45, 7) is 4.09. The molecule has 1 N–H and O–H groups in total. The lowest BCUT2D eigenvalue weighted by molar-refractivity contribution is 0.0605. The molecular weight excluding hydrogens is 267 g/mol. The zero-order chi connectivity index (χ0) is 14.5. The molecule has 20 heavy (non-hydrogen) atoms. The summed E-state index contributed by atoms with van der Waals surface area (Å²) in [6, 6.07) is 2.02. The van der Waals surface area contributed by atoms with E-state index < -0.39 is 17.5 Å². The van der Waals surface area contributed by atoms with E-state index in [0.29, 0.717) is 18.0 Å². The Hall–Kier alpha value is -1.07. The van der Waals surface area contributed by atoms with Gasteiger partial charge < -0.3 is 10.1 Å². The lowest BCUT2D eigenvalue weighted by Gasteiger charge is -2.27. The Morgan fingerprint density at radius 1 is 1.20 bits per heavy atom. The van der Waals surface area contributed by atoms with Crippen LogP contribution >= 0.6 is 0 Å². The summed E-state index contributed by atoms with van der Waals surface area (Å²) in [5, 5.41) is 3.22. The molecule has 2 rings (SSSR count). The maximum absolute atomic E-state index is 13.4. The first-order valence-electron chi connectivity index (χ1n) is 7.07. The van der Waals surface area contributed by atoms with Gasteiger partial charge in [0.25, 0.3) is 0 Å². The number of hydrogen-bond acceptors (Lipinski definition) is 2. The van der Waals surface area contributed by atoms with Gasteiger partial charge in [-0.1, -0.05) is 6.92 Å². The van der Waals surface area contributed by atoms with E-state index in [-0.39, 0.29) is 6.04 Å². The van der Waals surface area contributed by atoms with Gasteiger partial charge in [0, 0.05) is 19.3 Å². The molecule has 1 atom stereocenters. The molecule has 0 spiro atoms. The van der Waals surface area contributed by atoms with E-state index in [2.05, 4.69) is 5.32 Å². The molecular formula is C15H20F3NO. The molecule has 1 fully saturated rings. The predicted molar refractivity (Wildman–Crippen MR) is 70.9 cm³/mol. The van der Waals surface area contributed by atoms with Crippen LogP contribution in [0.4, 0.5) is 13.2 Å². The van der Waals surface area contributed by atoms with Gasteiger partial charge >= 0.3 is 0 Å². The summed E-state index contributed by atoms with van der Waals surface area (Å²) in [7, 11) is 0. The van der Waals surface area contributed by atoms with Crippen LogP contribution in [0.2, 0.25) is 0 Å². The summed E-state index contributed by atoms with van der Waals surface area (Å²) < 4.78 is 45.1. The van der Waals surface area contributed by atoms with Crippen molar-refractivity contribution in [2.45, 2.75) is 32.2 Å². The molecule has 0 saturated carbocycles. The molecule has 112 valence electrons. The van der Waals surface area contributed by atoms with Crippen molar-refractivity contribution in [2.75, 3.05) is 19.8 Å². The molecule has 0 aliphatic carbocycles. The van der Waals surface area contributed by atoms with Gasteiger partial charge in [-0.25, -0.2) is 13.2 Å². The van der Waals surface area contributed by atoms with Crippen molar-refractivity contribution in [1.82, 2.24) is 5.32 Å². The molecule has 1 aromatic rings. The van der Waals surface area contributed by atoms with Crippen LogP contribution in [0.5, 0.6) is 0 Å². The molecule has 1 heterocycles. The maximum Gasteiger partial charge on any atom is 0.194 e. The van der Waals surface area contributed by atoms with Gasteiger partial charge in [-0.15, -0.1) is 0 Å². The van der Waals surface area contributed by atoms with Gasteiger partial charge in [0.15, 0.2) is 17.5 Å². The van der Waals surface area contributed by atoms with E-state index in [1.54, 1.807) is 0 Å². The SMILES string of the molecule is CCNC(CC1CCOCC1)c1cc(F)c(F)c(F)c1. The van der Waals surface area contributed by atoms with Crippen LogP contribution in [-0.2, 0) is 4.74 Å². The van der Waals surface area contributed by atoms with E-state index in [4.69, 9.17) is 4.74 Å². The van der Waals surface area contributed by atoms with Crippen LogP contribution < -0.4 is 5.32 Å². The highest BCUT2D eigenvalue weighted by molar-refractivity contribution is 5.23. The third-order valence-electron chi connectivity index (χ3n) is 3.77. The number of benzene rings is 1. The van der Waals surface area contributed by atoms with Crippen LogP contribution in [-0.4, -0.2) is 19.8 Å². The number of ether oxygens (including phenoxy) is 1. The second kappa shape index (κ2) is 7.09. The first-order valence-corrected chi connectivity index (χ1v) is 7.07. The molecule has 5 heteroatoms. The molecule has 0 amide bonds. The minimum Gasteiger partial charge on any atom is -0.381 e. The van der Waals surface area contributed by atoms with Gasteiger partial charge in [-0.05, 0) is 49.4 Å². The standard InChI is InChI=1S/C15H20F3NO/c1-2-19-14(7-10-3-5-20-6-4-10)11-8-12(16)15(18)13(17)9-11/h8-10,14,19H,2-7H2,1H3. The third kappa shape index (κ3) is 3.73. The fraction of sp³-hybridized carbons (Fsp3) is 0.600. The van der Waals surface area contributed by atoms with E-state index in [1.165, 1.54) is 0 Å². The van der Waals surface area contributed by atoms with Gasteiger partial charge in [-0.2, -0.15) is 0 Å². The Morgan fingerprint density at radius 3 is 2.35 bits per heavy atom. The highest BCUT2D eigenvalue weighted by Gasteiger charge is 2.22. The highest BCUT2D eigenvalue weighted by Crippen LogP contribution is 2.29. The first kappa shape index (κ1) is 15.3. The van der Waals surface area contributed by atoms with Crippen LogP contribution in [0.3, 0.4) is 0 Å². The second-order valence-corrected chi connectivity index (χ2v) is 5.20. The molecule has 1 aromatic carbocycles. The maximum atomic E-state index is 13.4. The van der Waals surface area contributed by atoms with Crippen molar-refractivity contribution in [1.29, 1.82) is 0 Å². The van der Waals surface area contributed by atoms with Crippen molar-refractivity contribution >= 4 is 0 Å². The fourth-order valence-corrected chi connectivity index (χ4v) is 2.68. The Bertz CT molecular complexity index is 424. The zero-order valence-corrected chi connectivity index (χ0v) is 11.6. The smallest absolute Gasteiger partial charge is 0.194 e. The number of nitrogens with one attached hydrogen (secondary N) is 1. The van der Waals surface area contributed by atoms with Gasteiger partial charge in [0.2, 0.25) is 0 Å². The molecule has 1 aliphatic heterocycles. The predicted octanol–water partition coefficient (Wildman–Crippen LogP) is 3.57. The lowest BCUT2D eigenvalue weighted by Crippen LogP contribution is -2.26. The molecule has 0 aromatic heterocycles. The molecule has 1 unspecified atom stereocenters. The topological polar surface area (TPSA) is 21.3 Å². The quantitative estimate of drug-likeness (QED) is 0.836. The summed E-state index contributed by atoms with van der Waals surface area (Å²) >= 11 is 0. The molecule has 1 aliphatic rings. The minimum absolute atomic E-state index is 0.160. The van der Waals surface area contributed by atoms with Crippen molar-refractivity contribution in [2.24, 2.45) is 5.92 Å². The molecule has 0 radical (unpaired) electrons. The van der Waals surface area contributed by atoms with Crippen LogP contribution in [0.25, 0.3) is 0 Å². The fourth-order valence-electron chi connectivity index (χ4n) is 2.68. The first-order chi connectivity index (χ1) is 9.61. The van der Waals surface area contributed by atoms with Crippen molar-refractivity contribution in [3.63, 3.8) is 0 Å². The minimum atomic E-state index is -1.41. The Kier molecular flexibility index (Phi) is 5.43. The summed E-state index contributed by atoms with van der Waals surface area (Å²) in [5.74, 6) is -3.20. The Labute approximate surface area is 117 Å². The largest absolute Gasteiger partial charge is 0.381 e. The second-order valence-electron chi connectivity index (χ2n) is 5.20.